The lowest BCUT2D eigenvalue weighted by molar-refractivity contribution is -0.0897. The fourth-order valence-corrected chi connectivity index (χ4v) is 8.46. The van der Waals surface area contributed by atoms with Crippen LogP contribution in [0.3, 0.4) is 0 Å². The maximum atomic E-state index is 9.94. The molecule has 152 valence electrons. The van der Waals surface area contributed by atoms with Gasteiger partial charge in [0.1, 0.15) is 0 Å². The topological polar surface area (TPSA) is 75.8 Å². The van der Waals surface area contributed by atoms with Crippen LogP contribution in [0.15, 0.2) is 0 Å². The second-order valence-electron chi connectivity index (χ2n) is 10.8. The van der Waals surface area contributed by atoms with E-state index in [1.54, 1.807) is 0 Å². The average molecular weight is 372 g/mol. The van der Waals surface area contributed by atoms with Gasteiger partial charge in [-0.2, -0.15) is 5.26 Å². The highest BCUT2D eigenvalue weighted by atomic mass is 14.8. The third-order valence-corrected chi connectivity index (χ3v) is 9.82. The van der Waals surface area contributed by atoms with Crippen LogP contribution in [0.25, 0.3) is 0 Å². The molecule has 8 atom stereocenters. The van der Waals surface area contributed by atoms with Crippen molar-refractivity contribution in [3.63, 3.8) is 0 Å². The van der Waals surface area contributed by atoms with Crippen molar-refractivity contribution < 1.29 is 0 Å². The molecule has 0 aromatic rings. The predicted octanol–water partition coefficient (Wildman–Crippen LogP) is 5.00. The predicted molar refractivity (Wildman–Crippen MR) is 111 cm³/mol. The molecule has 8 unspecified atom stereocenters. The van der Waals surface area contributed by atoms with E-state index in [-0.39, 0.29) is 11.5 Å². The van der Waals surface area contributed by atoms with Gasteiger partial charge < -0.3 is 11.5 Å². The molecule has 4 fully saturated rings. The van der Waals surface area contributed by atoms with E-state index in [9.17, 15) is 5.26 Å². The Morgan fingerprint density at radius 1 is 0.963 bits per heavy atom. The van der Waals surface area contributed by atoms with Crippen molar-refractivity contribution in [2.45, 2.75) is 95.9 Å². The first-order valence-electron chi connectivity index (χ1n) is 11.9. The molecule has 0 amide bonds. The van der Waals surface area contributed by atoms with Crippen molar-refractivity contribution in [1.82, 2.24) is 0 Å². The number of fused-ring (bicyclic) bond motifs is 5. The molecule has 0 spiro atoms. The summed E-state index contributed by atoms with van der Waals surface area (Å²) >= 11 is 0. The molecule has 4 aliphatic carbocycles. The molecule has 0 aromatic heterocycles. The number of rotatable bonds is 5. The Morgan fingerprint density at radius 3 is 2.59 bits per heavy atom. The zero-order valence-electron chi connectivity index (χ0n) is 17.5. The summed E-state index contributed by atoms with van der Waals surface area (Å²) in [7, 11) is 0. The van der Waals surface area contributed by atoms with Crippen LogP contribution >= 0.6 is 0 Å². The van der Waals surface area contributed by atoms with Gasteiger partial charge in [0.25, 0.3) is 0 Å². The van der Waals surface area contributed by atoms with Crippen LogP contribution < -0.4 is 11.5 Å². The van der Waals surface area contributed by atoms with Crippen LogP contribution in [0.4, 0.5) is 0 Å². The van der Waals surface area contributed by atoms with Gasteiger partial charge >= 0.3 is 0 Å². The number of nitrogens with two attached hydrogens (primary N) is 2. The first kappa shape index (κ1) is 19.7. The molecule has 4 aliphatic rings. The molecule has 27 heavy (non-hydrogen) atoms. The molecule has 0 saturated heterocycles. The molecule has 3 heteroatoms. The van der Waals surface area contributed by atoms with Crippen LogP contribution in [0.2, 0.25) is 0 Å². The van der Waals surface area contributed by atoms with Crippen LogP contribution in [0, 0.1) is 52.3 Å². The van der Waals surface area contributed by atoms with Crippen LogP contribution in [0.5, 0.6) is 0 Å². The highest BCUT2D eigenvalue weighted by Crippen LogP contribution is 2.66. The fourth-order valence-electron chi connectivity index (χ4n) is 8.46. The largest absolute Gasteiger partial charge is 0.330 e. The fraction of sp³-hybridized carbons (Fsp3) is 0.958. The number of hydrogen-bond acceptors (Lipinski definition) is 3. The van der Waals surface area contributed by atoms with E-state index in [0.717, 1.165) is 24.8 Å². The Bertz CT molecular complexity index is 568. The van der Waals surface area contributed by atoms with Crippen molar-refractivity contribution in [3.8, 4) is 6.07 Å². The van der Waals surface area contributed by atoms with Crippen LogP contribution in [-0.4, -0.2) is 12.1 Å². The zero-order chi connectivity index (χ0) is 19.1. The number of unbranched alkanes of at least 4 members (excludes halogenated alkanes) is 2. The monoisotopic (exact) mass is 371 g/mol. The second-order valence-corrected chi connectivity index (χ2v) is 10.8. The highest BCUT2D eigenvalue weighted by Gasteiger charge is 2.61. The van der Waals surface area contributed by atoms with Crippen LogP contribution in [-0.2, 0) is 0 Å². The van der Waals surface area contributed by atoms with Crippen molar-refractivity contribution in [3.05, 3.63) is 0 Å². The van der Waals surface area contributed by atoms with Crippen molar-refractivity contribution >= 4 is 0 Å². The van der Waals surface area contributed by atoms with E-state index in [0.29, 0.717) is 23.2 Å². The lowest BCUT2D eigenvalue weighted by Gasteiger charge is -2.61. The number of nitrogens with zero attached hydrogens (tertiary/aromatic N) is 1. The minimum absolute atomic E-state index is 0.0396. The molecule has 0 radical (unpaired) electrons. The normalized spacial score (nSPS) is 49.0. The molecular formula is C24H41N3. The zero-order valence-corrected chi connectivity index (χ0v) is 17.5. The molecule has 0 bridgehead atoms. The van der Waals surface area contributed by atoms with E-state index in [4.69, 9.17) is 11.5 Å². The third kappa shape index (κ3) is 3.16. The maximum Gasteiger partial charge on any atom is 0.0659 e. The summed E-state index contributed by atoms with van der Waals surface area (Å²) in [4.78, 5) is 0. The second kappa shape index (κ2) is 7.68. The summed E-state index contributed by atoms with van der Waals surface area (Å²) in [6, 6.07) is 2.72. The summed E-state index contributed by atoms with van der Waals surface area (Å²) < 4.78 is 0. The maximum absolute atomic E-state index is 9.94. The standard InChI is InChI=1S/C24H41N3/c1-23-13-11-22-19(21(23)10-9-18(23)7-3-2-6-14-25)15-17(16-26)20-8-4-5-12-24(20,22)27/h17-22H,2-15,25,27H2,1H3. The lowest BCUT2D eigenvalue weighted by atomic mass is 9.45. The van der Waals surface area contributed by atoms with Crippen molar-refractivity contribution in [1.29, 1.82) is 5.26 Å². The lowest BCUT2D eigenvalue weighted by Crippen LogP contribution is -2.65. The molecule has 4 saturated carbocycles. The Labute approximate surface area is 166 Å². The summed E-state index contributed by atoms with van der Waals surface area (Å²) in [5, 5.41) is 9.94. The summed E-state index contributed by atoms with van der Waals surface area (Å²) in [5.41, 5.74) is 13.3. The summed E-state index contributed by atoms with van der Waals surface area (Å²) in [6.07, 6.45) is 16.8. The molecule has 3 nitrogen and oxygen atoms in total. The van der Waals surface area contributed by atoms with E-state index in [1.807, 2.05) is 0 Å². The minimum Gasteiger partial charge on any atom is -0.330 e. The molecule has 0 aliphatic heterocycles. The van der Waals surface area contributed by atoms with Gasteiger partial charge in [-0.1, -0.05) is 32.6 Å². The van der Waals surface area contributed by atoms with Crippen molar-refractivity contribution in [2.24, 2.45) is 52.4 Å². The van der Waals surface area contributed by atoms with E-state index < -0.39 is 0 Å². The molecule has 4 N–H and O–H groups in total. The summed E-state index contributed by atoms with van der Waals surface area (Å²) in [6.45, 7) is 3.44. The van der Waals surface area contributed by atoms with Gasteiger partial charge in [-0.05, 0) is 99.3 Å². The third-order valence-electron chi connectivity index (χ3n) is 9.82. The Morgan fingerprint density at radius 2 is 1.81 bits per heavy atom. The SMILES string of the molecule is CC12CCC3C(CC(C#N)C4CCCCC43N)C1CCC2CCCCCN. The van der Waals surface area contributed by atoms with Crippen LogP contribution in [0.1, 0.15) is 90.4 Å². The average Bonchev–Trinajstić information content (AvgIpc) is 3.00. The minimum atomic E-state index is -0.0396. The summed E-state index contributed by atoms with van der Waals surface area (Å²) in [5.74, 6) is 3.77. The van der Waals surface area contributed by atoms with Gasteiger partial charge in [0.15, 0.2) is 0 Å². The molecule has 0 aromatic carbocycles. The Hall–Kier alpha value is -0.590. The highest BCUT2D eigenvalue weighted by molar-refractivity contribution is 5.16. The van der Waals surface area contributed by atoms with Gasteiger partial charge in [-0.3, -0.25) is 0 Å². The Balaban J connectivity index is 1.52. The van der Waals surface area contributed by atoms with Gasteiger partial charge in [0.2, 0.25) is 0 Å². The van der Waals surface area contributed by atoms with Gasteiger partial charge in [-0.15, -0.1) is 0 Å². The van der Waals surface area contributed by atoms with E-state index in [1.165, 1.54) is 77.0 Å². The van der Waals surface area contributed by atoms with Crippen molar-refractivity contribution in [2.75, 3.05) is 6.54 Å². The first-order valence-corrected chi connectivity index (χ1v) is 11.9. The molecule has 4 rings (SSSR count). The number of nitriles is 1. The van der Waals surface area contributed by atoms with Gasteiger partial charge in [-0.25, -0.2) is 0 Å². The van der Waals surface area contributed by atoms with E-state index >= 15 is 0 Å². The smallest absolute Gasteiger partial charge is 0.0659 e. The quantitative estimate of drug-likeness (QED) is 0.668. The molecular weight excluding hydrogens is 330 g/mol. The number of hydrogen-bond donors (Lipinski definition) is 2. The van der Waals surface area contributed by atoms with Gasteiger partial charge in [0.05, 0.1) is 12.0 Å². The van der Waals surface area contributed by atoms with Gasteiger partial charge in [0, 0.05) is 5.54 Å². The molecule has 0 heterocycles. The Kier molecular flexibility index (Phi) is 5.61. The van der Waals surface area contributed by atoms with E-state index in [2.05, 4.69) is 13.0 Å². The first-order chi connectivity index (χ1) is 13.0.